The number of aliphatic hydroxyl groups excluding tert-OH is 1. The molecule has 1 fully saturated rings. The van der Waals surface area contributed by atoms with Crippen LogP contribution in [0.15, 0.2) is 10.9 Å². The second kappa shape index (κ2) is 5.85. The van der Waals surface area contributed by atoms with Crippen molar-refractivity contribution in [2.24, 2.45) is 0 Å². The van der Waals surface area contributed by atoms with E-state index in [-0.39, 0.29) is 12.3 Å². The molecule has 2 N–H and O–H groups in total. The summed E-state index contributed by atoms with van der Waals surface area (Å²) in [7, 11) is 0. The topological polar surface area (TPSA) is 86.5 Å². The number of aromatic amines is 1. The molecule has 3 rings (SSSR count). The number of aryl methyl sites for hydroxylation is 1. The van der Waals surface area contributed by atoms with Gasteiger partial charge in [0, 0.05) is 18.7 Å². The minimum Gasteiger partial charge on any atom is -0.395 e. The number of aromatic nitrogens is 4. The van der Waals surface area contributed by atoms with Gasteiger partial charge < -0.3 is 10.0 Å². The van der Waals surface area contributed by atoms with E-state index < -0.39 is 0 Å². The number of fused-ring (bicyclic) bond motifs is 1. The van der Waals surface area contributed by atoms with Gasteiger partial charge in [-0.1, -0.05) is 19.3 Å². The van der Waals surface area contributed by atoms with E-state index in [1.807, 2.05) is 6.07 Å². The van der Waals surface area contributed by atoms with Crippen LogP contribution in [0.25, 0.3) is 5.65 Å². The molecule has 1 aliphatic rings. The molecule has 7 nitrogen and oxygen atoms in total. The van der Waals surface area contributed by atoms with Gasteiger partial charge >= 0.3 is 5.69 Å². The quantitative estimate of drug-likeness (QED) is 0.872. The lowest BCUT2D eigenvalue weighted by atomic mass is 9.94. The number of hydrogen-bond donors (Lipinski definition) is 2. The van der Waals surface area contributed by atoms with Crippen molar-refractivity contribution in [2.75, 3.05) is 18.1 Å². The standard InChI is InChI=1S/C14H21N5O2/c1-10-15-12(9-13-16-17-14(21)19(10)13)18(7-8-20)11-5-3-2-4-6-11/h9,11,20H,2-8H2,1H3,(H,17,21). The first-order valence-corrected chi connectivity index (χ1v) is 7.53. The van der Waals surface area contributed by atoms with Crippen LogP contribution >= 0.6 is 0 Å². The molecule has 7 heteroatoms. The molecule has 0 spiro atoms. The third kappa shape index (κ3) is 2.65. The predicted octanol–water partition coefficient (Wildman–Crippen LogP) is 0.857. The van der Waals surface area contributed by atoms with Crippen molar-refractivity contribution in [1.82, 2.24) is 19.6 Å². The maximum atomic E-state index is 11.7. The zero-order chi connectivity index (χ0) is 14.8. The van der Waals surface area contributed by atoms with Gasteiger partial charge in [0.2, 0.25) is 0 Å². The minimum atomic E-state index is -0.270. The van der Waals surface area contributed by atoms with Crippen molar-refractivity contribution in [1.29, 1.82) is 0 Å². The predicted molar refractivity (Wildman–Crippen MR) is 79.6 cm³/mol. The number of aliphatic hydroxyl groups is 1. The normalized spacial score (nSPS) is 16.5. The van der Waals surface area contributed by atoms with Crippen LogP contribution in [0.2, 0.25) is 0 Å². The summed E-state index contributed by atoms with van der Waals surface area (Å²) in [5, 5.41) is 15.8. The Morgan fingerprint density at radius 1 is 1.43 bits per heavy atom. The van der Waals surface area contributed by atoms with Gasteiger partial charge in [-0.25, -0.2) is 19.3 Å². The summed E-state index contributed by atoms with van der Waals surface area (Å²) >= 11 is 0. The van der Waals surface area contributed by atoms with Gasteiger partial charge in [-0.15, -0.1) is 0 Å². The zero-order valence-electron chi connectivity index (χ0n) is 12.2. The van der Waals surface area contributed by atoms with E-state index in [0.717, 1.165) is 18.7 Å². The van der Waals surface area contributed by atoms with Crippen LogP contribution in [-0.4, -0.2) is 43.9 Å². The van der Waals surface area contributed by atoms with Gasteiger partial charge in [0.1, 0.15) is 11.6 Å². The first kappa shape index (κ1) is 14.1. The summed E-state index contributed by atoms with van der Waals surface area (Å²) < 4.78 is 1.46. The average molecular weight is 291 g/mol. The Hall–Kier alpha value is -1.89. The Morgan fingerprint density at radius 3 is 2.90 bits per heavy atom. The molecule has 21 heavy (non-hydrogen) atoms. The fraction of sp³-hybridized carbons (Fsp3) is 0.643. The second-order valence-corrected chi connectivity index (χ2v) is 5.59. The summed E-state index contributed by atoms with van der Waals surface area (Å²) in [5.41, 5.74) is 0.300. The fourth-order valence-corrected chi connectivity index (χ4v) is 3.21. The van der Waals surface area contributed by atoms with E-state index in [0.29, 0.717) is 24.1 Å². The van der Waals surface area contributed by atoms with Gasteiger partial charge in [0.15, 0.2) is 5.65 Å². The van der Waals surface area contributed by atoms with E-state index in [1.54, 1.807) is 6.92 Å². The molecule has 2 aromatic rings. The van der Waals surface area contributed by atoms with Crippen LogP contribution in [0.1, 0.15) is 37.9 Å². The first-order chi connectivity index (χ1) is 10.2. The zero-order valence-corrected chi connectivity index (χ0v) is 12.2. The highest BCUT2D eigenvalue weighted by molar-refractivity contribution is 5.52. The summed E-state index contributed by atoms with van der Waals surface area (Å²) in [4.78, 5) is 18.4. The van der Waals surface area contributed by atoms with Crippen LogP contribution in [0, 0.1) is 6.92 Å². The van der Waals surface area contributed by atoms with E-state index in [1.165, 1.54) is 23.7 Å². The van der Waals surface area contributed by atoms with E-state index in [4.69, 9.17) is 0 Å². The number of nitrogens with zero attached hydrogens (tertiary/aromatic N) is 4. The van der Waals surface area contributed by atoms with Gasteiger partial charge in [0.25, 0.3) is 0 Å². The second-order valence-electron chi connectivity index (χ2n) is 5.59. The Bertz CT molecular complexity index is 672. The maximum absolute atomic E-state index is 11.7. The SMILES string of the molecule is Cc1nc(N(CCO)C2CCCCC2)cc2n[nH]c(=O)n12. The molecule has 2 aromatic heterocycles. The molecule has 0 amide bonds. The molecular formula is C14H21N5O2. The largest absolute Gasteiger partial charge is 0.395 e. The van der Waals surface area contributed by atoms with Crippen LogP contribution in [0.4, 0.5) is 5.82 Å². The number of anilines is 1. The molecule has 0 bridgehead atoms. The van der Waals surface area contributed by atoms with Crippen molar-refractivity contribution in [3.8, 4) is 0 Å². The molecule has 2 heterocycles. The lowest BCUT2D eigenvalue weighted by molar-refractivity contribution is 0.289. The number of rotatable bonds is 4. The van der Waals surface area contributed by atoms with Crippen LogP contribution in [0.5, 0.6) is 0 Å². The highest BCUT2D eigenvalue weighted by Gasteiger charge is 2.23. The minimum absolute atomic E-state index is 0.0930. The molecule has 0 radical (unpaired) electrons. The monoisotopic (exact) mass is 291 g/mol. The van der Waals surface area contributed by atoms with Crippen molar-refractivity contribution in [2.45, 2.75) is 45.1 Å². The highest BCUT2D eigenvalue weighted by Crippen LogP contribution is 2.26. The van der Waals surface area contributed by atoms with Gasteiger partial charge in [-0.2, -0.15) is 5.10 Å². The Morgan fingerprint density at radius 2 is 2.19 bits per heavy atom. The lowest BCUT2D eigenvalue weighted by Gasteiger charge is -2.35. The summed E-state index contributed by atoms with van der Waals surface area (Å²) in [6.45, 7) is 2.45. The van der Waals surface area contributed by atoms with Crippen molar-refractivity contribution in [3.05, 3.63) is 22.4 Å². The van der Waals surface area contributed by atoms with E-state index in [9.17, 15) is 9.90 Å². The van der Waals surface area contributed by atoms with E-state index in [2.05, 4.69) is 20.1 Å². The molecule has 0 saturated heterocycles. The number of hydrogen-bond acceptors (Lipinski definition) is 5. The van der Waals surface area contributed by atoms with E-state index >= 15 is 0 Å². The van der Waals surface area contributed by atoms with Crippen LogP contribution in [0.3, 0.4) is 0 Å². The van der Waals surface area contributed by atoms with Crippen molar-refractivity contribution < 1.29 is 5.11 Å². The average Bonchev–Trinajstić information content (AvgIpc) is 2.87. The Labute approximate surface area is 122 Å². The van der Waals surface area contributed by atoms with Gasteiger partial charge in [0.05, 0.1) is 6.61 Å². The Balaban J connectivity index is 2.00. The third-order valence-electron chi connectivity index (χ3n) is 4.21. The molecule has 1 saturated carbocycles. The Kier molecular flexibility index (Phi) is 3.92. The van der Waals surface area contributed by atoms with Crippen LogP contribution in [-0.2, 0) is 0 Å². The molecule has 1 aliphatic carbocycles. The summed E-state index contributed by atoms with van der Waals surface area (Å²) in [6, 6.07) is 2.22. The molecule has 114 valence electrons. The first-order valence-electron chi connectivity index (χ1n) is 7.53. The molecule has 0 atom stereocenters. The van der Waals surface area contributed by atoms with Gasteiger partial charge in [-0.05, 0) is 19.8 Å². The number of H-pyrrole nitrogens is 1. The number of nitrogens with one attached hydrogen (secondary N) is 1. The summed E-state index contributed by atoms with van der Waals surface area (Å²) in [6.07, 6.45) is 5.97. The van der Waals surface area contributed by atoms with Gasteiger partial charge in [-0.3, -0.25) is 0 Å². The highest BCUT2D eigenvalue weighted by atomic mass is 16.3. The van der Waals surface area contributed by atoms with Crippen molar-refractivity contribution in [3.63, 3.8) is 0 Å². The summed E-state index contributed by atoms with van der Waals surface area (Å²) in [5.74, 6) is 1.40. The fourth-order valence-electron chi connectivity index (χ4n) is 3.21. The molecule has 0 aromatic carbocycles. The lowest BCUT2D eigenvalue weighted by Crippen LogP contribution is -2.39. The van der Waals surface area contributed by atoms with Crippen LogP contribution < -0.4 is 10.6 Å². The third-order valence-corrected chi connectivity index (χ3v) is 4.21. The molecule has 0 aliphatic heterocycles. The smallest absolute Gasteiger partial charge is 0.349 e. The molecule has 0 unspecified atom stereocenters. The van der Waals surface area contributed by atoms with Crippen molar-refractivity contribution >= 4 is 11.5 Å². The molecular weight excluding hydrogens is 270 g/mol. The maximum Gasteiger partial charge on any atom is 0.349 e.